The molecule has 2 rings (SSSR count). The number of carbonyl (C=O) groups is 2. The molecule has 3 heteroatoms. The van der Waals surface area contributed by atoms with Crippen LogP contribution in [-0.4, -0.2) is 18.9 Å². The first-order valence-electron chi connectivity index (χ1n) is 6.75. The number of methoxy groups -OCH3 is 1. The van der Waals surface area contributed by atoms with Crippen molar-refractivity contribution < 1.29 is 14.3 Å². The highest BCUT2D eigenvalue weighted by Gasteiger charge is 2.50. The number of Topliss-reactive ketones (excluding diaryl/α,β-unsaturated/α-hetero) is 1. The van der Waals surface area contributed by atoms with Gasteiger partial charge in [-0.05, 0) is 30.1 Å². The Morgan fingerprint density at radius 2 is 2.28 bits per heavy atom. The summed E-state index contributed by atoms with van der Waals surface area (Å²) in [6.45, 7) is 4.38. The minimum Gasteiger partial charge on any atom is -0.469 e. The lowest BCUT2D eigenvalue weighted by Gasteiger charge is -2.50. The van der Waals surface area contributed by atoms with Crippen LogP contribution in [0.3, 0.4) is 0 Å². The lowest BCUT2D eigenvalue weighted by atomic mass is 9.53. The van der Waals surface area contributed by atoms with Crippen molar-refractivity contribution in [3.05, 3.63) is 12.2 Å². The molecule has 4 atom stereocenters. The fourth-order valence-corrected chi connectivity index (χ4v) is 3.85. The van der Waals surface area contributed by atoms with Crippen LogP contribution in [0.15, 0.2) is 12.2 Å². The first-order valence-corrected chi connectivity index (χ1v) is 6.75. The summed E-state index contributed by atoms with van der Waals surface area (Å²) in [6.07, 6.45) is 7.12. The summed E-state index contributed by atoms with van der Waals surface area (Å²) >= 11 is 0. The van der Waals surface area contributed by atoms with E-state index in [-0.39, 0.29) is 29.5 Å². The van der Waals surface area contributed by atoms with Crippen molar-refractivity contribution in [2.45, 2.75) is 39.5 Å². The highest BCUT2D eigenvalue weighted by Crippen LogP contribution is 2.53. The number of fused-ring (bicyclic) bond motifs is 1. The van der Waals surface area contributed by atoms with E-state index in [1.54, 1.807) is 0 Å². The van der Waals surface area contributed by atoms with Crippen LogP contribution in [0.5, 0.6) is 0 Å². The Morgan fingerprint density at radius 3 is 2.94 bits per heavy atom. The molecule has 0 heterocycles. The van der Waals surface area contributed by atoms with Crippen LogP contribution in [0.1, 0.15) is 39.5 Å². The standard InChI is InChI=1S/C15H22O3/c1-10-5-4-8-15(2)11(10)6-7-13(16)12(15)9-14(17)18-3/h4-5,10-12H,6-9H2,1-3H3. The predicted molar refractivity (Wildman–Crippen MR) is 68.9 cm³/mol. The number of hydrogen-bond acceptors (Lipinski definition) is 3. The molecule has 1 saturated carbocycles. The number of hydrogen-bond donors (Lipinski definition) is 0. The van der Waals surface area contributed by atoms with Gasteiger partial charge in [-0.1, -0.05) is 26.0 Å². The van der Waals surface area contributed by atoms with E-state index in [1.807, 2.05) is 0 Å². The summed E-state index contributed by atoms with van der Waals surface area (Å²) in [7, 11) is 1.39. The molecule has 0 radical (unpaired) electrons. The minimum atomic E-state index is -0.266. The van der Waals surface area contributed by atoms with Crippen LogP contribution in [0.2, 0.25) is 0 Å². The van der Waals surface area contributed by atoms with Crippen molar-refractivity contribution in [1.82, 2.24) is 0 Å². The highest BCUT2D eigenvalue weighted by atomic mass is 16.5. The molecule has 2 aliphatic rings. The molecule has 0 amide bonds. The first-order chi connectivity index (χ1) is 8.49. The van der Waals surface area contributed by atoms with Gasteiger partial charge in [0.05, 0.1) is 13.5 Å². The second kappa shape index (κ2) is 4.87. The zero-order chi connectivity index (χ0) is 13.3. The molecular formula is C15H22O3. The maximum absolute atomic E-state index is 12.2. The Hall–Kier alpha value is -1.12. The molecule has 0 N–H and O–H groups in total. The van der Waals surface area contributed by atoms with E-state index in [2.05, 4.69) is 26.0 Å². The van der Waals surface area contributed by atoms with E-state index in [4.69, 9.17) is 4.74 Å². The number of esters is 1. The largest absolute Gasteiger partial charge is 0.469 e. The Morgan fingerprint density at radius 1 is 1.56 bits per heavy atom. The summed E-state index contributed by atoms with van der Waals surface area (Å²) in [6, 6.07) is 0. The summed E-state index contributed by atoms with van der Waals surface area (Å²) in [5, 5.41) is 0. The van der Waals surface area contributed by atoms with Crippen molar-refractivity contribution in [2.75, 3.05) is 7.11 Å². The number of ether oxygens (including phenoxy) is 1. The van der Waals surface area contributed by atoms with E-state index in [9.17, 15) is 9.59 Å². The molecule has 0 spiro atoms. The molecule has 100 valence electrons. The monoisotopic (exact) mass is 250 g/mol. The van der Waals surface area contributed by atoms with Crippen LogP contribution < -0.4 is 0 Å². The molecule has 1 fully saturated rings. The lowest BCUT2D eigenvalue weighted by molar-refractivity contribution is -0.150. The molecule has 0 saturated heterocycles. The van der Waals surface area contributed by atoms with Gasteiger partial charge in [-0.3, -0.25) is 9.59 Å². The van der Waals surface area contributed by atoms with E-state index in [0.29, 0.717) is 18.3 Å². The SMILES string of the molecule is COC(=O)CC1C(=O)CCC2C(C)C=CCC12C. The number of rotatable bonds is 2. The van der Waals surface area contributed by atoms with Gasteiger partial charge in [0.15, 0.2) is 0 Å². The zero-order valence-corrected chi connectivity index (χ0v) is 11.4. The van der Waals surface area contributed by atoms with Crippen molar-refractivity contribution >= 4 is 11.8 Å². The predicted octanol–water partition coefficient (Wildman–Crippen LogP) is 2.75. The quantitative estimate of drug-likeness (QED) is 0.559. The minimum absolute atomic E-state index is 0.0717. The van der Waals surface area contributed by atoms with Crippen molar-refractivity contribution in [1.29, 1.82) is 0 Å². The van der Waals surface area contributed by atoms with Crippen LogP contribution in [-0.2, 0) is 14.3 Å². The third-order valence-corrected chi connectivity index (χ3v) is 4.96. The molecule has 4 unspecified atom stereocenters. The average molecular weight is 250 g/mol. The number of allylic oxidation sites excluding steroid dienone is 2. The van der Waals surface area contributed by atoms with Gasteiger partial charge in [0.25, 0.3) is 0 Å². The average Bonchev–Trinajstić information content (AvgIpc) is 2.33. The third kappa shape index (κ3) is 2.11. The van der Waals surface area contributed by atoms with Gasteiger partial charge in [-0.25, -0.2) is 0 Å². The van der Waals surface area contributed by atoms with Crippen molar-refractivity contribution in [3.8, 4) is 0 Å². The molecule has 0 aromatic rings. The fraction of sp³-hybridized carbons (Fsp3) is 0.733. The van der Waals surface area contributed by atoms with Crippen LogP contribution in [0, 0.1) is 23.2 Å². The summed E-state index contributed by atoms with van der Waals surface area (Å²) in [5.41, 5.74) is -0.0717. The van der Waals surface area contributed by atoms with Crippen molar-refractivity contribution in [3.63, 3.8) is 0 Å². The van der Waals surface area contributed by atoms with Gasteiger partial charge in [0.1, 0.15) is 5.78 Å². The van der Waals surface area contributed by atoms with Gasteiger partial charge in [0, 0.05) is 12.3 Å². The summed E-state index contributed by atoms with van der Waals surface area (Å²) < 4.78 is 4.74. The van der Waals surface area contributed by atoms with Gasteiger partial charge in [-0.15, -0.1) is 0 Å². The first kappa shape index (κ1) is 13.3. The topological polar surface area (TPSA) is 43.4 Å². The molecule has 3 nitrogen and oxygen atoms in total. The van der Waals surface area contributed by atoms with Crippen LogP contribution in [0.25, 0.3) is 0 Å². The van der Waals surface area contributed by atoms with E-state index in [1.165, 1.54) is 7.11 Å². The normalized spacial score (nSPS) is 39.3. The van der Waals surface area contributed by atoms with Gasteiger partial charge in [-0.2, -0.15) is 0 Å². The second-order valence-electron chi connectivity index (χ2n) is 5.94. The molecule has 0 aliphatic heterocycles. The number of carbonyl (C=O) groups excluding carboxylic acids is 2. The second-order valence-corrected chi connectivity index (χ2v) is 5.94. The van der Waals surface area contributed by atoms with Crippen LogP contribution in [0.4, 0.5) is 0 Å². The van der Waals surface area contributed by atoms with Gasteiger partial charge in [0.2, 0.25) is 0 Å². The third-order valence-electron chi connectivity index (χ3n) is 4.96. The molecule has 2 aliphatic carbocycles. The lowest BCUT2D eigenvalue weighted by Crippen LogP contribution is -2.48. The van der Waals surface area contributed by atoms with Crippen LogP contribution >= 0.6 is 0 Å². The molecular weight excluding hydrogens is 228 g/mol. The maximum atomic E-state index is 12.2. The van der Waals surface area contributed by atoms with E-state index >= 15 is 0 Å². The number of ketones is 1. The van der Waals surface area contributed by atoms with E-state index in [0.717, 1.165) is 12.8 Å². The van der Waals surface area contributed by atoms with E-state index < -0.39 is 0 Å². The van der Waals surface area contributed by atoms with Crippen molar-refractivity contribution in [2.24, 2.45) is 23.2 Å². The molecule has 0 aromatic heterocycles. The Labute approximate surface area is 109 Å². The Balaban J connectivity index is 2.27. The zero-order valence-electron chi connectivity index (χ0n) is 11.4. The molecule has 18 heavy (non-hydrogen) atoms. The smallest absolute Gasteiger partial charge is 0.306 e. The Kier molecular flexibility index (Phi) is 3.60. The summed E-state index contributed by atoms with van der Waals surface area (Å²) in [5.74, 6) is 0.807. The molecule has 0 aromatic carbocycles. The van der Waals surface area contributed by atoms with Gasteiger partial charge >= 0.3 is 5.97 Å². The summed E-state index contributed by atoms with van der Waals surface area (Å²) in [4.78, 5) is 23.7. The molecule has 0 bridgehead atoms. The highest BCUT2D eigenvalue weighted by molar-refractivity contribution is 5.87. The fourth-order valence-electron chi connectivity index (χ4n) is 3.85. The Bertz CT molecular complexity index is 385. The maximum Gasteiger partial charge on any atom is 0.306 e. The van der Waals surface area contributed by atoms with Gasteiger partial charge < -0.3 is 4.74 Å².